The highest BCUT2D eigenvalue weighted by Crippen LogP contribution is 2.37. The predicted octanol–water partition coefficient (Wildman–Crippen LogP) is -1.39. The van der Waals surface area contributed by atoms with Crippen LogP contribution in [0, 0.1) is 0 Å². The standard InChI is InChI=1S/C27H30O15/c1-9-17(31)20(34)22(36)26(39-9)38-8-15-18(32)21(35)23(37)27(41-15)42-25-19(33)16-13(30)6-12(29)7-14(16)40-24(25)10-2-4-11(28)5-3-10/h2-7,9,15,17-18,20-23,26-32,34-37H,8H2,1H3/t9?,15?,17-,18-,20?,21?,22-,23+,26+,27+/m0/s1. The number of rotatable bonds is 6. The molecule has 3 aromatic rings. The second-order valence-corrected chi connectivity index (χ2v) is 10.1. The second kappa shape index (κ2) is 11.6. The predicted molar refractivity (Wildman–Crippen MR) is 139 cm³/mol. The molecule has 0 amide bonds. The number of ether oxygens (including phenoxy) is 4. The molecule has 228 valence electrons. The monoisotopic (exact) mass is 594 g/mol. The molecule has 5 rings (SSSR count). The number of phenols is 3. The maximum Gasteiger partial charge on any atom is 0.239 e. The number of aliphatic hydroxyl groups excluding tert-OH is 6. The van der Waals surface area contributed by atoms with E-state index in [1.54, 1.807) is 0 Å². The van der Waals surface area contributed by atoms with Gasteiger partial charge in [-0.25, -0.2) is 0 Å². The minimum atomic E-state index is -1.92. The van der Waals surface area contributed by atoms with Crippen LogP contribution in [0.5, 0.6) is 23.0 Å². The van der Waals surface area contributed by atoms with E-state index in [0.29, 0.717) is 0 Å². The van der Waals surface area contributed by atoms with Crippen LogP contribution in [0.3, 0.4) is 0 Å². The minimum absolute atomic E-state index is 0.103. The van der Waals surface area contributed by atoms with Crippen LogP contribution in [0.2, 0.25) is 0 Å². The lowest BCUT2D eigenvalue weighted by Crippen LogP contribution is -2.61. The average Bonchev–Trinajstić information content (AvgIpc) is 2.95. The van der Waals surface area contributed by atoms with Crippen LogP contribution in [0.4, 0.5) is 0 Å². The third kappa shape index (κ3) is 5.49. The topological polar surface area (TPSA) is 249 Å². The molecule has 1 aromatic heterocycles. The smallest absolute Gasteiger partial charge is 0.239 e. The highest BCUT2D eigenvalue weighted by Gasteiger charge is 2.47. The van der Waals surface area contributed by atoms with Gasteiger partial charge < -0.3 is 69.3 Å². The molecule has 0 saturated carbocycles. The van der Waals surface area contributed by atoms with Crippen molar-refractivity contribution in [3.8, 4) is 34.3 Å². The van der Waals surface area contributed by atoms with Crippen LogP contribution < -0.4 is 10.2 Å². The Morgan fingerprint density at radius 2 is 1.40 bits per heavy atom. The highest BCUT2D eigenvalue weighted by molar-refractivity contribution is 5.88. The maximum atomic E-state index is 13.5. The van der Waals surface area contributed by atoms with Gasteiger partial charge in [0.1, 0.15) is 70.9 Å². The summed E-state index contributed by atoms with van der Waals surface area (Å²) >= 11 is 0. The molecule has 2 aliphatic heterocycles. The average molecular weight is 595 g/mol. The summed E-state index contributed by atoms with van der Waals surface area (Å²) < 4.78 is 28.0. The number of benzene rings is 2. The first kappa shape index (κ1) is 30.0. The molecule has 0 spiro atoms. The van der Waals surface area contributed by atoms with Crippen molar-refractivity contribution in [2.45, 2.75) is 68.3 Å². The third-order valence-electron chi connectivity index (χ3n) is 7.18. The largest absolute Gasteiger partial charge is 0.508 e. The molecule has 0 aliphatic carbocycles. The zero-order valence-corrected chi connectivity index (χ0v) is 21.9. The first-order chi connectivity index (χ1) is 19.9. The van der Waals surface area contributed by atoms with Crippen LogP contribution in [0.1, 0.15) is 6.92 Å². The SMILES string of the molecule is CC1O[C@@H](OCC2O[C@H](Oc3c(-c4ccc(O)cc4)oc4cc(O)cc(O)c4c3=O)[C@H](O)C(O)[C@H]2O)[C@@H](O)C(O)[C@H]1O. The molecule has 2 aromatic carbocycles. The summed E-state index contributed by atoms with van der Waals surface area (Å²) in [6.45, 7) is 0.866. The van der Waals surface area contributed by atoms with Crippen LogP contribution in [-0.4, -0.2) is 114 Å². The number of hydrogen-bond donors (Lipinski definition) is 9. The molecule has 2 aliphatic rings. The summed E-state index contributed by atoms with van der Waals surface area (Å²) in [5, 5.41) is 91.4. The fourth-order valence-electron chi connectivity index (χ4n) is 4.79. The van der Waals surface area contributed by atoms with Crippen LogP contribution in [0.15, 0.2) is 45.6 Å². The number of fused-ring (bicyclic) bond motifs is 1. The van der Waals surface area contributed by atoms with Crippen molar-refractivity contribution >= 4 is 11.0 Å². The van der Waals surface area contributed by atoms with Gasteiger partial charge in [0.05, 0.1) is 12.7 Å². The lowest BCUT2D eigenvalue weighted by Gasteiger charge is -2.42. The van der Waals surface area contributed by atoms with Crippen molar-refractivity contribution in [2.24, 2.45) is 0 Å². The van der Waals surface area contributed by atoms with E-state index in [1.807, 2.05) is 0 Å². The summed E-state index contributed by atoms with van der Waals surface area (Å²) in [6.07, 6.45) is -15.8. The Morgan fingerprint density at radius 1 is 0.762 bits per heavy atom. The fourth-order valence-corrected chi connectivity index (χ4v) is 4.79. The normalized spacial score (nSPS) is 33.5. The van der Waals surface area contributed by atoms with Crippen LogP contribution in [-0.2, 0) is 14.2 Å². The highest BCUT2D eigenvalue weighted by atomic mass is 16.7. The Hall–Kier alpha value is -3.51. The number of aromatic hydroxyl groups is 3. The lowest BCUT2D eigenvalue weighted by molar-refractivity contribution is -0.318. The van der Waals surface area contributed by atoms with Crippen LogP contribution in [0.25, 0.3) is 22.3 Å². The van der Waals surface area contributed by atoms with Crippen molar-refractivity contribution in [1.82, 2.24) is 0 Å². The molecule has 0 bridgehead atoms. The van der Waals surface area contributed by atoms with Gasteiger partial charge in [0, 0.05) is 17.7 Å². The van der Waals surface area contributed by atoms with Crippen molar-refractivity contribution in [3.63, 3.8) is 0 Å². The fraction of sp³-hybridized carbons (Fsp3) is 0.444. The van der Waals surface area contributed by atoms with E-state index in [9.17, 15) is 50.8 Å². The molecule has 2 fully saturated rings. The van der Waals surface area contributed by atoms with E-state index >= 15 is 0 Å². The molecule has 15 heteroatoms. The van der Waals surface area contributed by atoms with Gasteiger partial charge in [-0.2, -0.15) is 0 Å². The molecule has 10 atom stereocenters. The molecule has 9 N–H and O–H groups in total. The molecular weight excluding hydrogens is 564 g/mol. The Balaban J connectivity index is 1.46. The van der Waals surface area contributed by atoms with Crippen molar-refractivity contribution < 1.29 is 69.3 Å². The quantitative estimate of drug-likeness (QED) is 0.159. The van der Waals surface area contributed by atoms with E-state index in [-0.39, 0.29) is 28.0 Å². The van der Waals surface area contributed by atoms with Crippen molar-refractivity contribution in [3.05, 3.63) is 46.6 Å². The van der Waals surface area contributed by atoms with Gasteiger partial charge in [-0.05, 0) is 31.2 Å². The number of aliphatic hydroxyl groups is 6. The Kier molecular flexibility index (Phi) is 8.30. The van der Waals surface area contributed by atoms with Crippen molar-refractivity contribution in [2.75, 3.05) is 6.61 Å². The van der Waals surface area contributed by atoms with E-state index in [4.69, 9.17) is 23.4 Å². The summed E-state index contributed by atoms with van der Waals surface area (Å²) in [5.74, 6) is -1.97. The first-order valence-electron chi connectivity index (χ1n) is 12.9. The molecule has 4 unspecified atom stereocenters. The Morgan fingerprint density at radius 3 is 2.10 bits per heavy atom. The molecule has 42 heavy (non-hydrogen) atoms. The minimum Gasteiger partial charge on any atom is -0.508 e. The summed E-state index contributed by atoms with van der Waals surface area (Å²) in [6, 6.07) is 7.33. The second-order valence-electron chi connectivity index (χ2n) is 10.1. The molecule has 0 radical (unpaired) electrons. The van der Waals surface area contributed by atoms with E-state index < -0.39 is 90.7 Å². The van der Waals surface area contributed by atoms with Gasteiger partial charge in [0.15, 0.2) is 12.1 Å². The van der Waals surface area contributed by atoms with Crippen LogP contribution >= 0.6 is 0 Å². The summed E-state index contributed by atoms with van der Waals surface area (Å²) in [4.78, 5) is 13.5. The Labute approximate surface area is 236 Å². The summed E-state index contributed by atoms with van der Waals surface area (Å²) in [7, 11) is 0. The summed E-state index contributed by atoms with van der Waals surface area (Å²) in [5.41, 5.74) is -0.956. The van der Waals surface area contributed by atoms with E-state index in [2.05, 4.69) is 0 Å². The van der Waals surface area contributed by atoms with Gasteiger partial charge in [-0.1, -0.05) is 0 Å². The zero-order chi connectivity index (χ0) is 30.5. The molecule has 2 saturated heterocycles. The first-order valence-corrected chi connectivity index (χ1v) is 12.9. The van der Waals surface area contributed by atoms with Gasteiger partial charge >= 0.3 is 0 Å². The zero-order valence-electron chi connectivity index (χ0n) is 21.9. The third-order valence-corrected chi connectivity index (χ3v) is 7.18. The lowest BCUT2D eigenvalue weighted by atomic mass is 9.98. The number of hydrogen-bond acceptors (Lipinski definition) is 15. The molecule has 15 nitrogen and oxygen atoms in total. The maximum absolute atomic E-state index is 13.5. The molecular formula is C27H30O15. The van der Waals surface area contributed by atoms with Crippen molar-refractivity contribution in [1.29, 1.82) is 0 Å². The van der Waals surface area contributed by atoms with Gasteiger partial charge in [0.25, 0.3) is 0 Å². The van der Waals surface area contributed by atoms with E-state index in [0.717, 1.165) is 12.1 Å². The number of phenolic OH excluding ortho intramolecular Hbond substituents is 3. The van der Waals surface area contributed by atoms with Gasteiger partial charge in [0.2, 0.25) is 17.5 Å². The molecule has 3 heterocycles. The Bertz CT molecular complexity index is 1470. The van der Waals surface area contributed by atoms with Gasteiger partial charge in [-0.15, -0.1) is 0 Å². The van der Waals surface area contributed by atoms with Gasteiger partial charge in [-0.3, -0.25) is 4.79 Å². The van der Waals surface area contributed by atoms with E-state index in [1.165, 1.54) is 31.2 Å².